The van der Waals surface area contributed by atoms with Crippen LogP contribution in [0.2, 0.25) is 5.02 Å². The molecule has 0 unspecified atom stereocenters. The first-order valence-electron chi connectivity index (χ1n) is 8.66. The van der Waals surface area contributed by atoms with Gasteiger partial charge < -0.3 is 9.47 Å². The largest absolute Gasteiger partial charge is 0.340 e. The van der Waals surface area contributed by atoms with E-state index in [0.717, 1.165) is 11.1 Å². The lowest BCUT2D eigenvalue weighted by molar-refractivity contribution is -0.129. The summed E-state index contributed by atoms with van der Waals surface area (Å²) in [5, 5.41) is 9.38. The van der Waals surface area contributed by atoms with E-state index in [1.165, 1.54) is 23.9 Å². The van der Waals surface area contributed by atoms with E-state index in [9.17, 15) is 9.18 Å². The van der Waals surface area contributed by atoms with E-state index in [2.05, 4.69) is 10.2 Å². The summed E-state index contributed by atoms with van der Waals surface area (Å²) in [4.78, 5) is 14.3. The van der Waals surface area contributed by atoms with Crippen LogP contribution >= 0.6 is 23.4 Å². The molecular weight excluding hydrogens is 399 g/mol. The third-order valence-electron chi connectivity index (χ3n) is 4.25. The second-order valence-electron chi connectivity index (χ2n) is 6.46. The summed E-state index contributed by atoms with van der Waals surface area (Å²) in [5.74, 6) is 0.326. The average Bonchev–Trinajstić information content (AvgIpc) is 3.02. The first-order valence-corrected chi connectivity index (χ1v) is 9.92. The van der Waals surface area contributed by atoms with Crippen LogP contribution in [0, 0.1) is 5.82 Å². The van der Waals surface area contributed by atoms with Crippen molar-refractivity contribution in [2.75, 3.05) is 7.05 Å². The number of amides is 1. The minimum absolute atomic E-state index is 0.0645. The molecule has 2 aromatic carbocycles. The zero-order valence-corrected chi connectivity index (χ0v) is 17.3. The van der Waals surface area contributed by atoms with Crippen LogP contribution in [0.5, 0.6) is 0 Å². The molecule has 0 fully saturated rings. The van der Waals surface area contributed by atoms with Gasteiger partial charge in [0.05, 0.1) is 5.25 Å². The maximum absolute atomic E-state index is 13.3. The molecule has 0 aliphatic carbocycles. The quantitative estimate of drug-likeness (QED) is 0.556. The van der Waals surface area contributed by atoms with Crippen LogP contribution in [0.15, 0.2) is 53.7 Å². The highest BCUT2D eigenvalue weighted by molar-refractivity contribution is 8.00. The fourth-order valence-corrected chi connectivity index (χ4v) is 3.83. The predicted molar refractivity (Wildman–Crippen MR) is 110 cm³/mol. The Kier molecular flexibility index (Phi) is 6.36. The number of aromatic nitrogens is 3. The molecule has 1 atom stereocenters. The number of hydrogen-bond donors (Lipinski definition) is 0. The van der Waals surface area contributed by atoms with Gasteiger partial charge in [-0.05, 0) is 48.9 Å². The molecule has 28 heavy (non-hydrogen) atoms. The van der Waals surface area contributed by atoms with E-state index < -0.39 is 0 Å². The summed E-state index contributed by atoms with van der Waals surface area (Å²) >= 11 is 7.27. The van der Waals surface area contributed by atoms with Crippen LogP contribution in [0.25, 0.3) is 11.4 Å². The SMILES string of the molecule is C[C@H](Sc1nnc(-c2ccc(Cl)cc2)n1C)C(=O)N(C)Cc1cccc(F)c1. The highest BCUT2D eigenvalue weighted by Crippen LogP contribution is 2.27. The van der Waals surface area contributed by atoms with Crippen LogP contribution < -0.4 is 0 Å². The van der Waals surface area contributed by atoms with Gasteiger partial charge in [0.15, 0.2) is 11.0 Å². The van der Waals surface area contributed by atoms with Crippen LogP contribution in [0.1, 0.15) is 12.5 Å². The number of hydrogen-bond acceptors (Lipinski definition) is 4. The van der Waals surface area contributed by atoms with Gasteiger partial charge >= 0.3 is 0 Å². The fourth-order valence-electron chi connectivity index (χ4n) is 2.77. The zero-order valence-electron chi connectivity index (χ0n) is 15.8. The van der Waals surface area contributed by atoms with E-state index >= 15 is 0 Å². The van der Waals surface area contributed by atoms with Crippen LogP contribution in [-0.4, -0.2) is 37.9 Å². The molecule has 8 heteroatoms. The summed E-state index contributed by atoms with van der Waals surface area (Å²) in [6, 6.07) is 13.6. The van der Waals surface area contributed by atoms with Crippen molar-refractivity contribution in [3.05, 3.63) is 64.9 Å². The van der Waals surface area contributed by atoms with Gasteiger partial charge in [0.25, 0.3) is 0 Å². The van der Waals surface area contributed by atoms with Gasteiger partial charge in [0, 0.05) is 31.2 Å². The summed E-state index contributed by atoms with van der Waals surface area (Å²) < 4.78 is 15.2. The normalized spacial score (nSPS) is 12.0. The first kappa shape index (κ1) is 20.4. The highest BCUT2D eigenvalue weighted by Gasteiger charge is 2.22. The molecule has 0 saturated heterocycles. The van der Waals surface area contributed by atoms with Crippen molar-refractivity contribution >= 4 is 29.3 Å². The molecule has 3 aromatic rings. The van der Waals surface area contributed by atoms with Crippen molar-refractivity contribution in [3.63, 3.8) is 0 Å². The minimum atomic E-state index is -0.362. The zero-order chi connectivity index (χ0) is 20.3. The second kappa shape index (κ2) is 8.75. The Morgan fingerprint density at radius 2 is 1.96 bits per heavy atom. The van der Waals surface area contributed by atoms with Crippen molar-refractivity contribution in [1.29, 1.82) is 0 Å². The Bertz CT molecular complexity index is 977. The van der Waals surface area contributed by atoms with Crippen LogP contribution in [0.4, 0.5) is 4.39 Å². The molecule has 5 nitrogen and oxygen atoms in total. The Morgan fingerprint density at radius 3 is 2.64 bits per heavy atom. The first-order chi connectivity index (χ1) is 13.3. The number of benzene rings is 2. The monoisotopic (exact) mass is 418 g/mol. The maximum Gasteiger partial charge on any atom is 0.235 e. The molecule has 0 aliphatic heterocycles. The van der Waals surface area contributed by atoms with E-state index in [1.807, 2.05) is 30.7 Å². The molecule has 146 valence electrons. The van der Waals surface area contributed by atoms with Crippen molar-refractivity contribution in [1.82, 2.24) is 19.7 Å². The van der Waals surface area contributed by atoms with E-state index in [1.54, 1.807) is 36.2 Å². The lowest BCUT2D eigenvalue weighted by Crippen LogP contribution is -2.33. The Balaban J connectivity index is 1.67. The molecule has 0 radical (unpaired) electrons. The van der Waals surface area contributed by atoms with Gasteiger partial charge in [-0.1, -0.05) is 35.5 Å². The lowest BCUT2D eigenvalue weighted by atomic mass is 10.2. The summed E-state index contributed by atoms with van der Waals surface area (Å²) in [5.41, 5.74) is 1.64. The number of rotatable bonds is 6. The average molecular weight is 419 g/mol. The fraction of sp³-hybridized carbons (Fsp3) is 0.250. The molecule has 0 N–H and O–H groups in total. The van der Waals surface area contributed by atoms with Gasteiger partial charge in [-0.3, -0.25) is 4.79 Å². The number of halogens is 2. The number of thioether (sulfide) groups is 1. The second-order valence-corrected chi connectivity index (χ2v) is 8.20. The van der Waals surface area contributed by atoms with Gasteiger partial charge in [0.1, 0.15) is 5.82 Å². The summed E-state index contributed by atoms with van der Waals surface area (Å²) in [6.45, 7) is 2.17. The Labute approximate surface area is 172 Å². The Morgan fingerprint density at radius 1 is 1.25 bits per heavy atom. The molecule has 0 saturated carbocycles. The van der Waals surface area contributed by atoms with E-state index in [4.69, 9.17) is 11.6 Å². The van der Waals surface area contributed by atoms with Gasteiger partial charge in [-0.15, -0.1) is 10.2 Å². The highest BCUT2D eigenvalue weighted by atomic mass is 35.5. The lowest BCUT2D eigenvalue weighted by Gasteiger charge is -2.21. The minimum Gasteiger partial charge on any atom is -0.340 e. The van der Waals surface area contributed by atoms with Crippen molar-refractivity contribution in [3.8, 4) is 11.4 Å². The molecule has 0 bridgehead atoms. The van der Waals surface area contributed by atoms with Gasteiger partial charge in [-0.25, -0.2) is 4.39 Å². The van der Waals surface area contributed by atoms with Gasteiger partial charge in [-0.2, -0.15) is 0 Å². The van der Waals surface area contributed by atoms with Crippen molar-refractivity contribution in [2.24, 2.45) is 7.05 Å². The smallest absolute Gasteiger partial charge is 0.235 e. The Hall–Kier alpha value is -2.38. The molecule has 0 spiro atoms. The van der Waals surface area contributed by atoms with Crippen LogP contribution in [0.3, 0.4) is 0 Å². The third-order valence-corrected chi connectivity index (χ3v) is 5.63. The molecule has 1 aromatic heterocycles. The standard InChI is InChI=1S/C20H20ClFN4OS/c1-13(19(27)25(2)12-14-5-4-6-17(22)11-14)28-20-24-23-18(26(20)3)15-7-9-16(21)10-8-15/h4-11,13H,12H2,1-3H3/t13-/m0/s1. The number of nitrogens with zero attached hydrogens (tertiary/aromatic N) is 4. The van der Waals surface area contributed by atoms with E-state index in [0.29, 0.717) is 22.5 Å². The number of carbonyl (C=O) groups is 1. The molecule has 0 aliphatic rings. The molecule has 1 amide bonds. The molecular formula is C20H20ClFN4OS. The van der Waals surface area contributed by atoms with Crippen LogP contribution in [-0.2, 0) is 18.4 Å². The summed E-state index contributed by atoms with van der Waals surface area (Å²) in [7, 11) is 3.57. The number of carbonyl (C=O) groups excluding carboxylic acids is 1. The van der Waals surface area contributed by atoms with Gasteiger partial charge in [0.2, 0.25) is 5.91 Å². The topological polar surface area (TPSA) is 51.0 Å². The van der Waals surface area contributed by atoms with E-state index in [-0.39, 0.29) is 17.0 Å². The predicted octanol–water partition coefficient (Wildman–Crippen LogP) is 4.41. The van der Waals surface area contributed by atoms with Crippen molar-refractivity contribution in [2.45, 2.75) is 23.9 Å². The third kappa shape index (κ3) is 4.72. The van der Waals surface area contributed by atoms with Crippen molar-refractivity contribution < 1.29 is 9.18 Å². The summed E-state index contributed by atoms with van der Waals surface area (Å²) in [6.07, 6.45) is 0. The maximum atomic E-state index is 13.3. The molecule has 1 heterocycles. The molecule has 3 rings (SSSR count).